The van der Waals surface area contributed by atoms with Gasteiger partial charge in [0.1, 0.15) is 23.5 Å². The summed E-state index contributed by atoms with van der Waals surface area (Å²) in [6, 6.07) is 9.93. The number of nitro groups is 1. The van der Waals surface area contributed by atoms with Crippen LogP contribution in [0.2, 0.25) is 5.02 Å². The summed E-state index contributed by atoms with van der Waals surface area (Å²) >= 11 is 5.88. The summed E-state index contributed by atoms with van der Waals surface area (Å²) in [5, 5.41) is 22.2. The molecule has 2 aromatic heterocycles. The molecule has 1 amide bonds. The second-order valence-electron chi connectivity index (χ2n) is 6.98. The number of carbonyl (C=O) groups excluding carboxylic acids is 1. The molecule has 0 aliphatic carbocycles. The highest BCUT2D eigenvalue weighted by atomic mass is 35.5. The van der Waals surface area contributed by atoms with E-state index in [1.807, 2.05) is 0 Å². The first-order valence-electron chi connectivity index (χ1n) is 9.79. The fourth-order valence-electron chi connectivity index (χ4n) is 3.21. The molecule has 0 aliphatic heterocycles. The molecule has 2 N–H and O–H groups in total. The molecule has 0 radical (unpaired) electrons. The lowest BCUT2D eigenvalue weighted by atomic mass is 10.1. The molecule has 0 fully saturated rings. The molecule has 2 heterocycles. The Kier molecular flexibility index (Phi) is 6.41. The van der Waals surface area contributed by atoms with E-state index in [1.165, 1.54) is 36.7 Å². The van der Waals surface area contributed by atoms with Gasteiger partial charge in [-0.3, -0.25) is 14.9 Å². The normalized spacial score (nSPS) is 10.8. The smallest absolute Gasteiger partial charge is 0.282 e. The van der Waals surface area contributed by atoms with Gasteiger partial charge in [0.25, 0.3) is 11.6 Å². The molecule has 0 saturated heterocycles. The highest BCUT2D eigenvalue weighted by Gasteiger charge is 2.20. The van der Waals surface area contributed by atoms with Crippen LogP contribution < -0.4 is 10.6 Å². The third kappa shape index (κ3) is 5.04. The lowest BCUT2D eigenvalue weighted by Gasteiger charge is -2.08. The average Bonchev–Trinajstić information content (AvgIpc) is 3.22. The molecule has 10 nitrogen and oxygen atoms in total. The largest absolute Gasteiger partial charge is 0.365 e. The SMILES string of the molecule is O=C(NCCn1ncc2c(NCc3ccc(F)cc3)ncnc21)c1cc(Cl)ccc1[N+](=O)[O-]. The fraction of sp³-hybridized carbons (Fsp3) is 0.143. The number of halogens is 2. The minimum atomic E-state index is -0.635. The Morgan fingerprint density at radius 1 is 1.18 bits per heavy atom. The van der Waals surface area contributed by atoms with E-state index in [9.17, 15) is 19.3 Å². The van der Waals surface area contributed by atoms with Gasteiger partial charge in [-0.25, -0.2) is 19.0 Å². The quantitative estimate of drug-likeness (QED) is 0.298. The first-order valence-corrected chi connectivity index (χ1v) is 10.2. The van der Waals surface area contributed by atoms with Crippen molar-refractivity contribution in [2.45, 2.75) is 13.1 Å². The van der Waals surface area contributed by atoms with Crippen molar-refractivity contribution in [2.24, 2.45) is 0 Å². The molecule has 33 heavy (non-hydrogen) atoms. The second-order valence-corrected chi connectivity index (χ2v) is 7.42. The van der Waals surface area contributed by atoms with Gasteiger partial charge >= 0.3 is 0 Å². The number of anilines is 1. The van der Waals surface area contributed by atoms with E-state index < -0.39 is 10.8 Å². The summed E-state index contributed by atoms with van der Waals surface area (Å²) in [5.41, 5.74) is 0.987. The highest BCUT2D eigenvalue weighted by molar-refractivity contribution is 6.31. The van der Waals surface area contributed by atoms with Gasteiger partial charge in [0.15, 0.2) is 5.65 Å². The van der Waals surface area contributed by atoms with Crippen LogP contribution in [0, 0.1) is 15.9 Å². The number of nitrogens with zero attached hydrogens (tertiary/aromatic N) is 5. The number of carbonyl (C=O) groups is 1. The van der Waals surface area contributed by atoms with Crippen LogP contribution in [-0.2, 0) is 13.1 Å². The van der Waals surface area contributed by atoms with Crippen LogP contribution in [0.5, 0.6) is 0 Å². The van der Waals surface area contributed by atoms with Gasteiger partial charge in [0, 0.05) is 24.2 Å². The minimum Gasteiger partial charge on any atom is -0.365 e. The third-order valence-electron chi connectivity index (χ3n) is 4.82. The number of benzene rings is 2. The maximum absolute atomic E-state index is 13.1. The Morgan fingerprint density at radius 3 is 2.73 bits per heavy atom. The molecule has 0 aliphatic rings. The van der Waals surface area contributed by atoms with Crippen LogP contribution in [0.3, 0.4) is 0 Å². The van der Waals surface area contributed by atoms with E-state index in [0.717, 1.165) is 5.56 Å². The summed E-state index contributed by atoms with van der Waals surface area (Å²) in [6.07, 6.45) is 2.99. The summed E-state index contributed by atoms with van der Waals surface area (Å²) in [6.45, 7) is 0.867. The molecule has 0 saturated carbocycles. The van der Waals surface area contributed by atoms with Crippen molar-refractivity contribution >= 4 is 40.0 Å². The first-order chi connectivity index (χ1) is 15.9. The van der Waals surface area contributed by atoms with Gasteiger partial charge in [-0.2, -0.15) is 5.10 Å². The van der Waals surface area contributed by atoms with Gasteiger partial charge in [-0.05, 0) is 29.8 Å². The summed E-state index contributed by atoms with van der Waals surface area (Å²) in [4.78, 5) is 31.5. The van der Waals surface area contributed by atoms with E-state index in [4.69, 9.17) is 11.6 Å². The Morgan fingerprint density at radius 2 is 1.97 bits per heavy atom. The maximum atomic E-state index is 13.1. The molecule has 2 aromatic carbocycles. The predicted octanol–water partition coefficient (Wildman–Crippen LogP) is 3.57. The Bertz CT molecular complexity index is 1330. The molecule has 168 valence electrons. The predicted molar refractivity (Wildman–Crippen MR) is 119 cm³/mol. The molecular formula is C21H17ClFN7O3. The number of nitrogens with one attached hydrogen (secondary N) is 2. The monoisotopic (exact) mass is 469 g/mol. The van der Waals surface area contributed by atoms with E-state index in [0.29, 0.717) is 23.4 Å². The Balaban J connectivity index is 1.42. The lowest BCUT2D eigenvalue weighted by Crippen LogP contribution is -2.28. The average molecular weight is 470 g/mol. The lowest BCUT2D eigenvalue weighted by molar-refractivity contribution is -0.385. The van der Waals surface area contributed by atoms with Crippen LogP contribution in [-0.4, -0.2) is 37.1 Å². The van der Waals surface area contributed by atoms with Gasteiger partial charge in [-0.15, -0.1) is 0 Å². The van der Waals surface area contributed by atoms with Crippen LogP contribution >= 0.6 is 11.6 Å². The zero-order valence-corrected chi connectivity index (χ0v) is 17.8. The number of rotatable bonds is 8. The van der Waals surface area contributed by atoms with Crippen LogP contribution in [0.4, 0.5) is 15.9 Å². The molecule has 4 rings (SSSR count). The number of amides is 1. The van der Waals surface area contributed by atoms with Gasteiger partial charge in [0.2, 0.25) is 0 Å². The molecule has 4 aromatic rings. The van der Waals surface area contributed by atoms with Gasteiger partial charge in [0.05, 0.1) is 23.1 Å². The Labute approximate surface area is 191 Å². The molecule has 0 atom stereocenters. The van der Waals surface area contributed by atoms with Crippen molar-refractivity contribution in [1.82, 2.24) is 25.1 Å². The maximum Gasteiger partial charge on any atom is 0.282 e. The summed E-state index contributed by atoms with van der Waals surface area (Å²) in [7, 11) is 0. The number of hydrogen-bond acceptors (Lipinski definition) is 7. The highest BCUT2D eigenvalue weighted by Crippen LogP contribution is 2.23. The number of hydrogen-bond donors (Lipinski definition) is 2. The zero-order chi connectivity index (χ0) is 23.4. The molecule has 0 spiro atoms. The number of nitro benzene ring substituents is 1. The first kappa shape index (κ1) is 22.1. The van der Waals surface area contributed by atoms with Crippen LogP contribution in [0.1, 0.15) is 15.9 Å². The van der Waals surface area contributed by atoms with E-state index in [2.05, 4.69) is 25.7 Å². The van der Waals surface area contributed by atoms with E-state index in [1.54, 1.807) is 23.0 Å². The second kappa shape index (κ2) is 9.57. The van der Waals surface area contributed by atoms with Gasteiger partial charge in [-0.1, -0.05) is 23.7 Å². The summed E-state index contributed by atoms with van der Waals surface area (Å²) < 4.78 is 14.7. The number of aromatic nitrogens is 4. The topological polar surface area (TPSA) is 128 Å². The Hall–Kier alpha value is -4.12. The standard InChI is InChI=1S/C21H17ClFN7O3/c22-14-3-6-18(30(32)33)16(9-14)21(31)24-7-8-29-20-17(11-28-29)19(26-12-27-20)25-10-13-1-4-15(23)5-2-13/h1-6,9,11-12H,7-8,10H2,(H,24,31)(H,25,26,27). The fourth-order valence-corrected chi connectivity index (χ4v) is 3.38. The molecular weight excluding hydrogens is 453 g/mol. The van der Waals surface area contributed by atoms with Crippen molar-refractivity contribution in [2.75, 3.05) is 11.9 Å². The molecule has 0 bridgehead atoms. The third-order valence-corrected chi connectivity index (χ3v) is 5.05. The molecule has 12 heteroatoms. The van der Waals surface area contributed by atoms with Crippen molar-refractivity contribution in [3.63, 3.8) is 0 Å². The summed E-state index contributed by atoms with van der Waals surface area (Å²) in [5.74, 6) is -0.354. The van der Waals surface area contributed by atoms with Crippen molar-refractivity contribution in [1.29, 1.82) is 0 Å². The van der Waals surface area contributed by atoms with Crippen molar-refractivity contribution in [3.8, 4) is 0 Å². The van der Waals surface area contributed by atoms with Gasteiger partial charge < -0.3 is 10.6 Å². The van der Waals surface area contributed by atoms with E-state index >= 15 is 0 Å². The van der Waals surface area contributed by atoms with Crippen LogP contribution in [0.25, 0.3) is 11.0 Å². The van der Waals surface area contributed by atoms with Crippen LogP contribution in [0.15, 0.2) is 55.0 Å². The minimum absolute atomic E-state index is 0.118. The molecule has 0 unspecified atom stereocenters. The van der Waals surface area contributed by atoms with Crippen molar-refractivity contribution in [3.05, 3.63) is 87.1 Å². The van der Waals surface area contributed by atoms with Crippen molar-refractivity contribution < 1.29 is 14.1 Å². The number of fused-ring (bicyclic) bond motifs is 1. The zero-order valence-electron chi connectivity index (χ0n) is 17.0. The van der Waals surface area contributed by atoms with E-state index in [-0.39, 0.29) is 35.2 Å².